The second-order valence-corrected chi connectivity index (χ2v) is 7.97. The molecule has 1 fully saturated rings. The summed E-state index contributed by atoms with van der Waals surface area (Å²) in [5.41, 5.74) is 2.83. The fraction of sp³-hybridized carbons (Fsp3) is 0.333. The molecule has 26 heavy (non-hydrogen) atoms. The van der Waals surface area contributed by atoms with Crippen LogP contribution in [0.3, 0.4) is 0 Å². The van der Waals surface area contributed by atoms with Crippen molar-refractivity contribution in [2.24, 2.45) is 5.92 Å². The van der Waals surface area contributed by atoms with Crippen LogP contribution in [0.2, 0.25) is 0 Å². The summed E-state index contributed by atoms with van der Waals surface area (Å²) in [4.78, 5) is 26.4. The van der Waals surface area contributed by atoms with Gasteiger partial charge in [-0.3, -0.25) is 9.59 Å². The van der Waals surface area contributed by atoms with Crippen LogP contribution in [0.25, 0.3) is 0 Å². The number of nitrogens with one attached hydrogen (secondary N) is 1. The van der Waals surface area contributed by atoms with Gasteiger partial charge >= 0.3 is 0 Å². The molecule has 0 radical (unpaired) electrons. The molecule has 1 aliphatic rings. The summed E-state index contributed by atoms with van der Waals surface area (Å²) in [5, 5.41) is 2.92. The number of amides is 2. The lowest BCUT2D eigenvalue weighted by Crippen LogP contribution is -2.28. The van der Waals surface area contributed by atoms with E-state index in [4.69, 9.17) is 0 Å². The molecule has 1 heterocycles. The van der Waals surface area contributed by atoms with Crippen LogP contribution in [-0.2, 0) is 11.3 Å². The van der Waals surface area contributed by atoms with Crippen molar-refractivity contribution in [1.82, 2.24) is 10.2 Å². The van der Waals surface area contributed by atoms with Gasteiger partial charge in [-0.2, -0.15) is 0 Å². The number of thioether (sulfide) groups is 1. The van der Waals surface area contributed by atoms with Crippen molar-refractivity contribution in [2.45, 2.75) is 25.8 Å². The number of nitrogens with zero attached hydrogens (tertiary/aromatic N) is 1. The minimum Gasteiger partial charge on any atom is -0.352 e. The Morgan fingerprint density at radius 3 is 2.50 bits per heavy atom. The van der Waals surface area contributed by atoms with Gasteiger partial charge in [-0.1, -0.05) is 56.3 Å². The zero-order chi connectivity index (χ0) is 18.5. The average Bonchev–Trinajstić information content (AvgIpc) is 3.01. The zero-order valence-electron chi connectivity index (χ0n) is 15.1. The van der Waals surface area contributed by atoms with E-state index in [9.17, 15) is 9.59 Å². The molecule has 1 aliphatic heterocycles. The van der Waals surface area contributed by atoms with Gasteiger partial charge < -0.3 is 10.2 Å². The van der Waals surface area contributed by atoms with E-state index in [2.05, 4.69) is 19.2 Å². The van der Waals surface area contributed by atoms with E-state index in [1.54, 1.807) is 11.8 Å². The van der Waals surface area contributed by atoms with Crippen LogP contribution in [0, 0.1) is 5.92 Å². The lowest BCUT2D eigenvalue weighted by Gasteiger charge is -2.24. The van der Waals surface area contributed by atoms with Crippen molar-refractivity contribution < 1.29 is 9.59 Å². The van der Waals surface area contributed by atoms with E-state index in [1.165, 1.54) is 0 Å². The van der Waals surface area contributed by atoms with Crippen molar-refractivity contribution in [1.29, 1.82) is 0 Å². The highest BCUT2D eigenvalue weighted by Gasteiger charge is 2.32. The van der Waals surface area contributed by atoms with Gasteiger partial charge in [-0.15, -0.1) is 11.8 Å². The summed E-state index contributed by atoms with van der Waals surface area (Å²) >= 11 is 1.64. The molecule has 0 spiro atoms. The van der Waals surface area contributed by atoms with Gasteiger partial charge in [0.25, 0.3) is 5.91 Å². The number of rotatable bonds is 6. The molecule has 2 aromatic rings. The Balaban J connectivity index is 1.71. The van der Waals surface area contributed by atoms with Gasteiger partial charge in [0.05, 0.1) is 5.75 Å². The molecule has 0 saturated carbocycles. The Hall–Kier alpha value is -2.27. The molecule has 2 amide bonds. The predicted octanol–water partition coefficient (Wildman–Crippen LogP) is 3.85. The molecule has 1 N–H and O–H groups in total. The number of carbonyl (C=O) groups excluding carboxylic acids is 2. The standard InChI is InChI=1S/C21H24N2O2S/c1-15(2)12-22-20(25)17-8-10-18(11-9-17)21-23(19(24)14-26-21)13-16-6-4-3-5-7-16/h3-11,15,21H,12-14H2,1-2H3,(H,22,25)/t21-/m1/s1. The van der Waals surface area contributed by atoms with Gasteiger partial charge in [0.15, 0.2) is 0 Å². The number of hydrogen-bond acceptors (Lipinski definition) is 3. The molecular formula is C21H24N2O2S. The van der Waals surface area contributed by atoms with Crippen LogP contribution in [0.15, 0.2) is 54.6 Å². The van der Waals surface area contributed by atoms with E-state index >= 15 is 0 Å². The highest BCUT2D eigenvalue weighted by atomic mass is 32.2. The maximum atomic E-state index is 12.3. The molecule has 0 aromatic heterocycles. The Morgan fingerprint density at radius 1 is 1.15 bits per heavy atom. The summed E-state index contributed by atoms with van der Waals surface area (Å²) in [5.74, 6) is 1.02. The molecule has 136 valence electrons. The first-order valence-electron chi connectivity index (χ1n) is 8.87. The Labute approximate surface area is 159 Å². The predicted molar refractivity (Wildman–Crippen MR) is 106 cm³/mol. The smallest absolute Gasteiger partial charge is 0.251 e. The van der Waals surface area contributed by atoms with Crippen LogP contribution >= 0.6 is 11.8 Å². The summed E-state index contributed by atoms with van der Waals surface area (Å²) < 4.78 is 0. The molecule has 1 atom stereocenters. The van der Waals surface area contributed by atoms with Crippen LogP contribution in [-0.4, -0.2) is 29.0 Å². The lowest BCUT2D eigenvalue weighted by atomic mass is 10.1. The van der Waals surface area contributed by atoms with E-state index < -0.39 is 0 Å². The van der Waals surface area contributed by atoms with Gasteiger partial charge in [0.2, 0.25) is 5.91 Å². The number of hydrogen-bond donors (Lipinski definition) is 1. The van der Waals surface area contributed by atoms with E-state index in [1.807, 2.05) is 59.5 Å². The summed E-state index contributed by atoms with van der Waals surface area (Å²) in [6.07, 6.45) is 0. The van der Waals surface area contributed by atoms with Gasteiger partial charge in [-0.25, -0.2) is 0 Å². The summed E-state index contributed by atoms with van der Waals surface area (Å²) in [6, 6.07) is 17.6. The third-order valence-corrected chi connectivity index (χ3v) is 5.55. The Kier molecular flexibility index (Phi) is 5.99. The quantitative estimate of drug-likeness (QED) is 0.843. The fourth-order valence-corrected chi connectivity index (χ4v) is 4.07. The largest absolute Gasteiger partial charge is 0.352 e. The second kappa shape index (κ2) is 8.41. The fourth-order valence-electron chi connectivity index (χ4n) is 2.88. The second-order valence-electron chi connectivity index (χ2n) is 6.90. The number of carbonyl (C=O) groups is 2. The molecular weight excluding hydrogens is 344 g/mol. The van der Waals surface area contributed by atoms with Crippen LogP contribution < -0.4 is 5.32 Å². The third-order valence-electron chi connectivity index (χ3n) is 4.29. The molecule has 5 heteroatoms. The first-order valence-corrected chi connectivity index (χ1v) is 9.92. The van der Waals surface area contributed by atoms with Crippen LogP contribution in [0.5, 0.6) is 0 Å². The lowest BCUT2D eigenvalue weighted by molar-refractivity contribution is -0.128. The van der Waals surface area contributed by atoms with Gasteiger partial charge in [0.1, 0.15) is 5.37 Å². The van der Waals surface area contributed by atoms with Crippen molar-refractivity contribution in [3.63, 3.8) is 0 Å². The Morgan fingerprint density at radius 2 is 1.85 bits per heavy atom. The summed E-state index contributed by atoms with van der Waals surface area (Å²) in [7, 11) is 0. The minimum absolute atomic E-state index is 0.00418. The SMILES string of the molecule is CC(C)CNC(=O)c1ccc([C@H]2SCC(=O)N2Cc2ccccc2)cc1. The number of benzene rings is 2. The minimum atomic E-state index is -0.0541. The highest BCUT2D eigenvalue weighted by molar-refractivity contribution is 8.00. The maximum absolute atomic E-state index is 12.3. The normalized spacial score (nSPS) is 17.0. The molecule has 4 nitrogen and oxygen atoms in total. The van der Waals surface area contributed by atoms with Crippen LogP contribution in [0.4, 0.5) is 0 Å². The monoisotopic (exact) mass is 368 g/mol. The topological polar surface area (TPSA) is 49.4 Å². The van der Waals surface area contributed by atoms with Crippen molar-refractivity contribution in [2.75, 3.05) is 12.3 Å². The zero-order valence-corrected chi connectivity index (χ0v) is 16.0. The van der Waals surface area contributed by atoms with Crippen molar-refractivity contribution in [3.05, 3.63) is 71.3 Å². The summed E-state index contributed by atoms with van der Waals surface area (Å²) in [6.45, 7) is 5.41. The maximum Gasteiger partial charge on any atom is 0.251 e. The third kappa shape index (κ3) is 4.47. The van der Waals surface area contributed by atoms with Gasteiger partial charge in [-0.05, 0) is 29.2 Å². The molecule has 2 aromatic carbocycles. The first-order chi connectivity index (χ1) is 12.5. The molecule has 1 saturated heterocycles. The van der Waals surface area contributed by atoms with E-state index in [0.29, 0.717) is 30.3 Å². The Bertz CT molecular complexity index is 759. The van der Waals surface area contributed by atoms with Crippen molar-refractivity contribution in [3.8, 4) is 0 Å². The molecule has 0 bridgehead atoms. The van der Waals surface area contributed by atoms with Gasteiger partial charge in [0, 0.05) is 18.7 Å². The molecule has 3 rings (SSSR count). The first kappa shape index (κ1) is 18.5. The van der Waals surface area contributed by atoms with Crippen molar-refractivity contribution >= 4 is 23.6 Å². The molecule has 0 unspecified atom stereocenters. The highest BCUT2D eigenvalue weighted by Crippen LogP contribution is 2.39. The van der Waals surface area contributed by atoms with Crippen LogP contribution in [0.1, 0.15) is 40.7 Å². The average molecular weight is 369 g/mol. The van der Waals surface area contributed by atoms with E-state index in [0.717, 1.165) is 11.1 Å². The van der Waals surface area contributed by atoms with E-state index in [-0.39, 0.29) is 17.2 Å². The molecule has 0 aliphatic carbocycles.